The summed E-state index contributed by atoms with van der Waals surface area (Å²) in [7, 11) is 1.55. The van der Waals surface area contributed by atoms with Gasteiger partial charge in [0.15, 0.2) is 0 Å². The number of oxime groups is 1. The molecule has 0 radical (unpaired) electrons. The highest BCUT2D eigenvalue weighted by molar-refractivity contribution is 5.85. The summed E-state index contributed by atoms with van der Waals surface area (Å²) < 4.78 is 4.79. The van der Waals surface area contributed by atoms with E-state index in [0.29, 0.717) is 25.3 Å². The molecular weight excluding hydrogens is 160 g/mol. The van der Waals surface area contributed by atoms with Crippen molar-refractivity contribution in [3.05, 3.63) is 0 Å². The molecular formula is C7H16N2O3. The molecule has 0 unspecified atom stereocenters. The van der Waals surface area contributed by atoms with Gasteiger partial charge in [-0.25, -0.2) is 0 Å². The molecule has 0 bridgehead atoms. The number of aliphatic hydroxyl groups excluding tert-OH is 1. The van der Waals surface area contributed by atoms with Gasteiger partial charge < -0.3 is 15.1 Å². The third kappa shape index (κ3) is 6.09. The molecule has 72 valence electrons. The van der Waals surface area contributed by atoms with Crippen LogP contribution in [0, 0.1) is 0 Å². The molecule has 0 rings (SSSR count). The summed E-state index contributed by atoms with van der Waals surface area (Å²) >= 11 is 0. The lowest BCUT2D eigenvalue weighted by Gasteiger charge is -2.02. The van der Waals surface area contributed by atoms with Gasteiger partial charge in [-0.15, -0.1) is 0 Å². The van der Waals surface area contributed by atoms with Gasteiger partial charge >= 0.3 is 0 Å². The van der Waals surface area contributed by atoms with Gasteiger partial charge in [-0.2, -0.15) is 0 Å². The lowest BCUT2D eigenvalue weighted by Crippen LogP contribution is -2.17. The van der Waals surface area contributed by atoms with Crippen molar-refractivity contribution in [2.75, 3.05) is 27.0 Å². The third-order valence-corrected chi connectivity index (χ3v) is 1.38. The maximum Gasteiger partial charge on any atom is 0.0931 e. The Morgan fingerprint density at radius 1 is 1.58 bits per heavy atom. The van der Waals surface area contributed by atoms with Gasteiger partial charge in [-0.3, -0.25) is 5.32 Å². The molecule has 0 aliphatic heterocycles. The van der Waals surface area contributed by atoms with Crippen LogP contribution in [0.1, 0.15) is 12.8 Å². The summed E-state index contributed by atoms with van der Waals surface area (Å²) in [5, 5.41) is 22.7. The lowest BCUT2D eigenvalue weighted by atomic mass is 10.2. The number of aliphatic hydroxyl groups is 1. The minimum atomic E-state index is -0.0180. The summed E-state index contributed by atoms with van der Waals surface area (Å²) in [6.07, 6.45) is 1.50. The van der Waals surface area contributed by atoms with Crippen LogP contribution in [-0.2, 0) is 4.74 Å². The van der Waals surface area contributed by atoms with Crippen LogP contribution < -0.4 is 5.32 Å². The SMILES string of the molecule is COC/C(CCCNCO)=N/O. The fourth-order valence-electron chi connectivity index (χ4n) is 0.814. The van der Waals surface area contributed by atoms with Gasteiger partial charge in [-0.1, -0.05) is 5.16 Å². The van der Waals surface area contributed by atoms with E-state index in [1.54, 1.807) is 7.11 Å². The van der Waals surface area contributed by atoms with Crippen molar-refractivity contribution in [2.24, 2.45) is 5.16 Å². The summed E-state index contributed by atoms with van der Waals surface area (Å²) in [5.74, 6) is 0. The molecule has 0 aliphatic rings. The second-order valence-corrected chi connectivity index (χ2v) is 2.36. The summed E-state index contributed by atoms with van der Waals surface area (Å²) in [6.45, 7) is 1.05. The summed E-state index contributed by atoms with van der Waals surface area (Å²) in [4.78, 5) is 0. The molecule has 0 aromatic heterocycles. The number of nitrogens with zero attached hydrogens (tertiary/aromatic N) is 1. The van der Waals surface area contributed by atoms with Crippen LogP contribution in [0.15, 0.2) is 5.16 Å². The lowest BCUT2D eigenvalue weighted by molar-refractivity contribution is 0.234. The maximum atomic E-state index is 8.45. The van der Waals surface area contributed by atoms with Crippen LogP contribution in [-0.4, -0.2) is 43.0 Å². The molecule has 3 N–H and O–H groups in total. The Morgan fingerprint density at radius 2 is 2.33 bits per heavy atom. The van der Waals surface area contributed by atoms with Crippen molar-refractivity contribution >= 4 is 5.71 Å². The van der Waals surface area contributed by atoms with Gasteiger partial charge in [0.25, 0.3) is 0 Å². The Bertz CT molecular complexity index is 128. The minimum Gasteiger partial charge on any atom is -0.411 e. The smallest absolute Gasteiger partial charge is 0.0931 e. The van der Waals surface area contributed by atoms with E-state index >= 15 is 0 Å². The average molecular weight is 176 g/mol. The molecule has 0 aromatic rings. The number of hydrogen-bond donors (Lipinski definition) is 3. The van der Waals surface area contributed by atoms with Crippen molar-refractivity contribution in [3.63, 3.8) is 0 Å². The molecule has 0 fully saturated rings. The Morgan fingerprint density at radius 3 is 2.83 bits per heavy atom. The van der Waals surface area contributed by atoms with Crippen LogP contribution >= 0.6 is 0 Å². The first-order chi connectivity index (χ1) is 5.85. The molecule has 0 atom stereocenters. The van der Waals surface area contributed by atoms with Crippen LogP contribution in [0.5, 0.6) is 0 Å². The van der Waals surface area contributed by atoms with Gasteiger partial charge in [-0.05, 0) is 19.4 Å². The molecule has 12 heavy (non-hydrogen) atoms. The van der Waals surface area contributed by atoms with Crippen LogP contribution in [0.25, 0.3) is 0 Å². The molecule has 0 amide bonds. The zero-order valence-electron chi connectivity index (χ0n) is 7.29. The van der Waals surface area contributed by atoms with Crippen LogP contribution in [0.3, 0.4) is 0 Å². The fourth-order valence-corrected chi connectivity index (χ4v) is 0.814. The Hall–Kier alpha value is -0.650. The van der Waals surface area contributed by atoms with E-state index in [1.807, 2.05) is 0 Å². The standard InChI is InChI=1S/C7H16N2O3/c1-12-5-7(9-11)3-2-4-8-6-10/h8,10-11H,2-6H2,1H3/b9-7+. The van der Waals surface area contributed by atoms with Crippen LogP contribution in [0.2, 0.25) is 0 Å². The molecule has 5 nitrogen and oxygen atoms in total. The molecule has 0 saturated heterocycles. The second kappa shape index (κ2) is 8.45. The number of ether oxygens (including phenoxy) is 1. The number of nitrogens with one attached hydrogen (secondary N) is 1. The predicted octanol–water partition coefficient (Wildman–Crippen LogP) is -0.217. The number of hydrogen-bond acceptors (Lipinski definition) is 5. The molecule has 0 aromatic carbocycles. The average Bonchev–Trinajstić information content (AvgIpc) is 2.10. The predicted molar refractivity (Wildman–Crippen MR) is 45.4 cm³/mol. The third-order valence-electron chi connectivity index (χ3n) is 1.38. The van der Waals surface area contributed by atoms with Crippen molar-refractivity contribution in [3.8, 4) is 0 Å². The van der Waals surface area contributed by atoms with Gasteiger partial charge in [0.1, 0.15) is 0 Å². The Balaban J connectivity index is 3.33. The first-order valence-electron chi connectivity index (χ1n) is 3.85. The normalized spacial score (nSPS) is 12.0. The van der Waals surface area contributed by atoms with E-state index in [4.69, 9.17) is 15.1 Å². The first kappa shape index (κ1) is 11.4. The van der Waals surface area contributed by atoms with Crippen molar-refractivity contribution in [1.29, 1.82) is 0 Å². The van der Waals surface area contributed by atoms with E-state index in [0.717, 1.165) is 6.42 Å². The monoisotopic (exact) mass is 176 g/mol. The quantitative estimate of drug-likeness (QED) is 0.165. The largest absolute Gasteiger partial charge is 0.411 e. The minimum absolute atomic E-state index is 0.0180. The second-order valence-electron chi connectivity index (χ2n) is 2.36. The fraction of sp³-hybridized carbons (Fsp3) is 0.857. The topological polar surface area (TPSA) is 74.1 Å². The highest BCUT2D eigenvalue weighted by Crippen LogP contribution is 1.92. The number of methoxy groups -OCH3 is 1. The Labute approximate surface area is 72.0 Å². The molecule has 0 spiro atoms. The summed E-state index contributed by atoms with van der Waals surface area (Å²) in [6, 6.07) is 0. The van der Waals surface area contributed by atoms with E-state index < -0.39 is 0 Å². The highest BCUT2D eigenvalue weighted by Gasteiger charge is 1.98. The maximum absolute atomic E-state index is 8.45. The zero-order chi connectivity index (χ0) is 9.23. The molecule has 0 saturated carbocycles. The zero-order valence-corrected chi connectivity index (χ0v) is 7.29. The van der Waals surface area contributed by atoms with Gasteiger partial charge in [0, 0.05) is 7.11 Å². The van der Waals surface area contributed by atoms with Gasteiger partial charge in [0.05, 0.1) is 19.0 Å². The van der Waals surface area contributed by atoms with Crippen molar-refractivity contribution in [2.45, 2.75) is 12.8 Å². The van der Waals surface area contributed by atoms with Crippen molar-refractivity contribution in [1.82, 2.24) is 5.32 Å². The van der Waals surface area contributed by atoms with Gasteiger partial charge in [0.2, 0.25) is 0 Å². The van der Waals surface area contributed by atoms with E-state index in [2.05, 4.69) is 10.5 Å². The van der Waals surface area contributed by atoms with Crippen LogP contribution in [0.4, 0.5) is 0 Å². The molecule has 0 aliphatic carbocycles. The highest BCUT2D eigenvalue weighted by atomic mass is 16.5. The molecule has 5 heteroatoms. The van der Waals surface area contributed by atoms with Crippen molar-refractivity contribution < 1.29 is 15.1 Å². The molecule has 0 heterocycles. The van der Waals surface area contributed by atoms with E-state index in [9.17, 15) is 0 Å². The Kier molecular flexibility index (Phi) is 7.99. The summed E-state index contributed by atoms with van der Waals surface area (Å²) in [5.41, 5.74) is 0.622. The van der Waals surface area contributed by atoms with E-state index in [1.165, 1.54) is 0 Å². The first-order valence-corrected chi connectivity index (χ1v) is 3.85. The number of rotatable bonds is 7. The van der Waals surface area contributed by atoms with E-state index in [-0.39, 0.29) is 6.73 Å².